The molecule has 108 valence electrons. The Labute approximate surface area is 122 Å². The van der Waals surface area contributed by atoms with E-state index in [1.165, 1.54) is 11.1 Å². The lowest BCUT2D eigenvalue weighted by Gasteiger charge is -2.26. The third kappa shape index (κ3) is 5.17. The second-order valence-electron chi connectivity index (χ2n) is 5.03. The Morgan fingerprint density at radius 1 is 1.21 bits per heavy atom. The van der Waals surface area contributed by atoms with Crippen molar-refractivity contribution in [1.82, 2.24) is 5.32 Å². The highest BCUT2D eigenvalue weighted by molar-refractivity contribution is 8.00. The summed E-state index contributed by atoms with van der Waals surface area (Å²) in [5, 5.41) is 13.4. The molecule has 0 amide bonds. The predicted octanol–water partition coefficient (Wildman–Crippen LogP) is 3.40. The van der Waals surface area contributed by atoms with Gasteiger partial charge in [0.05, 0.1) is 0 Å². The molecule has 0 spiro atoms. The molecule has 2 N–H and O–H groups in total. The molecule has 0 saturated heterocycles. The Hall–Kier alpha value is -0.510. The average molecular weight is 281 g/mol. The van der Waals surface area contributed by atoms with Crippen molar-refractivity contribution in [2.45, 2.75) is 50.2 Å². The van der Waals surface area contributed by atoms with E-state index >= 15 is 0 Å². The van der Waals surface area contributed by atoms with Crippen LogP contribution in [0.15, 0.2) is 24.3 Å². The summed E-state index contributed by atoms with van der Waals surface area (Å²) in [5.41, 5.74) is 2.73. The Bertz CT molecular complexity index is 352. The molecule has 1 aromatic carbocycles. The highest BCUT2D eigenvalue weighted by atomic mass is 32.2. The molecule has 0 aliphatic heterocycles. The number of thioether (sulfide) groups is 1. The number of aliphatic hydroxyl groups is 1. The second-order valence-corrected chi connectivity index (χ2v) is 6.85. The first-order chi connectivity index (χ1) is 9.12. The highest BCUT2D eigenvalue weighted by Crippen LogP contribution is 2.30. The molecule has 1 rings (SSSR count). The van der Waals surface area contributed by atoms with Gasteiger partial charge < -0.3 is 10.4 Å². The molecule has 0 bridgehead atoms. The van der Waals surface area contributed by atoms with Crippen LogP contribution in [0.1, 0.15) is 44.4 Å². The summed E-state index contributed by atoms with van der Waals surface area (Å²) in [6, 6.07) is 9.25. The standard InChI is InChI=1S/C16H27NOS/c1-5-14-6-8-15(9-7-14)16(17-4)13(3)19-12(2)10-11-18/h6-9,12-13,16-18H,5,10-11H2,1-4H3. The Morgan fingerprint density at radius 2 is 1.84 bits per heavy atom. The van der Waals surface area contributed by atoms with E-state index in [9.17, 15) is 0 Å². The highest BCUT2D eigenvalue weighted by Gasteiger charge is 2.20. The molecular formula is C16H27NOS. The van der Waals surface area contributed by atoms with Gasteiger partial charge in [0.2, 0.25) is 0 Å². The molecule has 0 saturated carbocycles. The zero-order valence-electron chi connectivity index (χ0n) is 12.5. The maximum Gasteiger partial charge on any atom is 0.0441 e. The van der Waals surface area contributed by atoms with Crippen molar-refractivity contribution in [2.75, 3.05) is 13.7 Å². The number of nitrogens with one attached hydrogen (secondary N) is 1. The predicted molar refractivity (Wildman–Crippen MR) is 85.8 cm³/mol. The van der Waals surface area contributed by atoms with Crippen LogP contribution in [-0.4, -0.2) is 29.3 Å². The number of hydrogen-bond donors (Lipinski definition) is 2. The first kappa shape index (κ1) is 16.5. The van der Waals surface area contributed by atoms with E-state index < -0.39 is 0 Å². The smallest absolute Gasteiger partial charge is 0.0441 e. The average Bonchev–Trinajstić information content (AvgIpc) is 2.40. The minimum absolute atomic E-state index is 0.274. The lowest BCUT2D eigenvalue weighted by molar-refractivity contribution is 0.288. The number of benzene rings is 1. The molecule has 2 nitrogen and oxygen atoms in total. The minimum Gasteiger partial charge on any atom is -0.396 e. The molecule has 3 unspecified atom stereocenters. The summed E-state index contributed by atoms with van der Waals surface area (Å²) in [7, 11) is 2.02. The zero-order chi connectivity index (χ0) is 14.3. The zero-order valence-corrected chi connectivity index (χ0v) is 13.3. The number of hydrogen-bond acceptors (Lipinski definition) is 3. The topological polar surface area (TPSA) is 32.3 Å². The molecular weight excluding hydrogens is 254 g/mol. The van der Waals surface area contributed by atoms with Crippen LogP contribution in [0, 0.1) is 0 Å². The first-order valence-electron chi connectivity index (χ1n) is 7.14. The van der Waals surface area contributed by atoms with Crippen LogP contribution >= 0.6 is 11.8 Å². The molecule has 19 heavy (non-hydrogen) atoms. The van der Waals surface area contributed by atoms with Crippen LogP contribution in [0.4, 0.5) is 0 Å². The third-order valence-corrected chi connectivity index (χ3v) is 4.91. The fourth-order valence-corrected chi connectivity index (χ4v) is 3.75. The summed E-state index contributed by atoms with van der Waals surface area (Å²) < 4.78 is 0. The summed E-state index contributed by atoms with van der Waals surface area (Å²) >= 11 is 1.94. The minimum atomic E-state index is 0.274. The van der Waals surface area contributed by atoms with E-state index in [0.717, 1.165) is 12.8 Å². The van der Waals surface area contributed by atoms with Crippen LogP contribution in [0.5, 0.6) is 0 Å². The van der Waals surface area contributed by atoms with E-state index in [1.807, 2.05) is 18.8 Å². The van der Waals surface area contributed by atoms with Crippen molar-refractivity contribution in [3.8, 4) is 0 Å². The van der Waals surface area contributed by atoms with Crippen molar-refractivity contribution in [3.63, 3.8) is 0 Å². The van der Waals surface area contributed by atoms with Gasteiger partial charge in [-0.1, -0.05) is 45.0 Å². The number of aliphatic hydroxyl groups excluding tert-OH is 1. The van der Waals surface area contributed by atoms with Crippen molar-refractivity contribution >= 4 is 11.8 Å². The van der Waals surface area contributed by atoms with Gasteiger partial charge in [-0.05, 0) is 31.0 Å². The van der Waals surface area contributed by atoms with Crippen molar-refractivity contribution in [2.24, 2.45) is 0 Å². The summed E-state index contributed by atoms with van der Waals surface area (Å²) in [6.07, 6.45) is 1.95. The van der Waals surface area contributed by atoms with Crippen molar-refractivity contribution in [1.29, 1.82) is 0 Å². The molecule has 0 aromatic heterocycles. The molecule has 3 atom stereocenters. The molecule has 0 radical (unpaired) electrons. The van der Waals surface area contributed by atoms with Gasteiger partial charge in [0.25, 0.3) is 0 Å². The van der Waals surface area contributed by atoms with Crippen LogP contribution in [0.2, 0.25) is 0 Å². The van der Waals surface area contributed by atoms with Gasteiger partial charge in [0.1, 0.15) is 0 Å². The van der Waals surface area contributed by atoms with E-state index in [4.69, 9.17) is 5.11 Å². The molecule has 0 fully saturated rings. The van der Waals surface area contributed by atoms with Gasteiger partial charge in [0, 0.05) is 23.1 Å². The van der Waals surface area contributed by atoms with E-state index in [1.54, 1.807) is 0 Å². The quantitative estimate of drug-likeness (QED) is 0.766. The SMILES string of the molecule is CCc1ccc(C(NC)C(C)SC(C)CCO)cc1. The van der Waals surface area contributed by atoms with Gasteiger partial charge in [-0.15, -0.1) is 0 Å². The Kier molecular flexibility index (Phi) is 7.51. The third-order valence-electron chi connectivity index (χ3n) is 3.51. The monoisotopic (exact) mass is 281 g/mol. The number of rotatable bonds is 8. The fraction of sp³-hybridized carbons (Fsp3) is 0.625. The molecule has 3 heteroatoms. The molecule has 0 aliphatic rings. The van der Waals surface area contributed by atoms with Crippen molar-refractivity contribution < 1.29 is 5.11 Å². The van der Waals surface area contributed by atoms with E-state index in [0.29, 0.717) is 16.5 Å². The maximum absolute atomic E-state index is 8.99. The number of aryl methyl sites for hydroxylation is 1. The summed E-state index contributed by atoms with van der Waals surface area (Å²) in [6.45, 7) is 6.90. The maximum atomic E-state index is 8.99. The lowest BCUT2D eigenvalue weighted by atomic mass is 10.0. The van der Waals surface area contributed by atoms with Gasteiger partial charge in [-0.2, -0.15) is 11.8 Å². The van der Waals surface area contributed by atoms with Crippen LogP contribution in [0.3, 0.4) is 0 Å². The largest absolute Gasteiger partial charge is 0.396 e. The van der Waals surface area contributed by atoms with Crippen LogP contribution in [-0.2, 0) is 6.42 Å². The fourth-order valence-electron chi connectivity index (χ4n) is 2.33. The van der Waals surface area contributed by atoms with Crippen LogP contribution < -0.4 is 5.32 Å². The van der Waals surface area contributed by atoms with Gasteiger partial charge in [-0.25, -0.2) is 0 Å². The molecule has 0 aliphatic carbocycles. The molecule has 1 aromatic rings. The van der Waals surface area contributed by atoms with E-state index in [2.05, 4.69) is 50.4 Å². The van der Waals surface area contributed by atoms with Crippen molar-refractivity contribution in [3.05, 3.63) is 35.4 Å². The normalized spacial score (nSPS) is 16.1. The van der Waals surface area contributed by atoms with Crippen LogP contribution in [0.25, 0.3) is 0 Å². The lowest BCUT2D eigenvalue weighted by Crippen LogP contribution is -2.26. The summed E-state index contributed by atoms with van der Waals surface area (Å²) in [4.78, 5) is 0. The second kappa shape index (κ2) is 8.62. The van der Waals surface area contributed by atoms with Gasteiger partial charge in [0.15, 0.2) is 0 Å². The Balaban J connectivity index is 2.69. The Morgan fingerprint density at radius 3 is 2.32 bits per heavy atom. The first-order valence-corrected chi connectivity index (χ1v) is 8.09. The van der Waals surface area contributed by atoms with E-state index in [-0.39, 0.29) is 6.61 Å². The summed E-state index contributed by atoms with van der Waals surface area (Å²) in [5.74, 6) is 0. The van der Waals surface area contributed by atoms with Gasteiger partial charge >= 0.3 is 0 Å². The molecule has 0 heterocycles. The van der Waals surface area contributed by atoms with Gasteiger partial charge in [-0.3, -0.25) is 0 Å².